The number of pyridine rings is 1. The van der Waals surface area contributed by atoms with Gasteiger partial charge in [-0.05, 0) is 48.2 Å². The lowest BCUT2D eigenvalue weighted by Crippen LogP contribution is -2.17. The molecule has 1 amide bonds. The first-order chi connectivity index (χ1) is 12.0. The second kappa shape index (κ2) is 6.93. The average molecular weight is 334 g/mol. The zero-order chi connectivity index (χ0) is 18.0. The number of aryl methyl sites for hydroxylation is 1. The van der Waals surface area contributed by atoms with Crippen LogP contribution in [0.1, 0.15) is 29.8 Å². The van der Waals surface area contributed by atoms with Crippen molar-refractivity contribution >= 4 is 22.4 Å². The van der Waals surface area contributed by atoms with E-state index >= 15 is 0 Å². The molecule has 2 aromatic carbocycles. The van der Waals surface area contributed by atoms with Gasteiger partial charge in [-0.3, -0.25) is 9.59 Å². The number of nitrogens with zero attached hydrogens (tertiary/aromatic N) is 1. The predicted octanol–water partition coefficient (Wildman–Crippen LogP) is 3.99. The maximum atomic E-state index is 12.5. The summed E-state index contributed by atoms with van der Waals surface area (Å²) >= 11 is 0. The molecule has 0 unspecified atom stereocenters. The topological polar surface area (TPSA) is 51.1 Å². The number of carbonyl (C=O) groups is 1. The maximum absolute atomic E-state index is 12.5. The lowest BCUT2D eigenvalue weighted by atomic mass is 10.0. The van der Waals surface area contributed by atoms with Gasteiger partial charge in [-0.15, -0.1) is 0 Å². The quantitative estimate of drug-likeness (QED) is 0.784. The SMILES string of the molecule is CC(C)Cc1ccc(C(=O)Nc2cccc3c(=O)n(C)ccc23)cc1. The molecule has 0 aliphatic heterocycles. The van der Waals surface area contributed by atoms with Gasteiger partial charge in [-0.2, -0.15) is 0 Å². The Morgan fingerprint density at radius 2 is 1.76 bits per heavy atom. The molecule has 1 N–H and O–H groups in total. The highest BCUT2D eigenvalue weighted by Crippen LogP contribution is 2.21. The molecule has 4 heteroatoms. The number of fused-ring (bicyclic) bond motifs is 1. The van der Waals surface area contributed by atoms with Crippen molar-refractivity contribution in [3.05, 3.63) is 76.2 Å². The van der Waals surface area contributed by atoms with E-state index in [0.717, 1.165) is 11.8 Å². The van der Waals surface area contributed by atoms with Crippen LogP contribution in [0.25, 0.3) is 10.8 Å². The van der Waals surface area contributed by atoms with Crippen molar-refractivity contribution in [2.45, 2.75) is 20.3 Å². The van der Waals surface area contributed by atoms with Crippen LogP contribution in [0.15, 0.2) is 59.5 Å². The molecule has 3 aromatic rings. The smallest absolute Gasteiger partial charge is 0.258 e. The van der Waals surface area contributed by atoms with Crippen LogP contribution in [0.4, 0.5) is 5.69 Å². The fourth-order valence-electron chi connectivity index (χ4n) is 2.94. The van der Waals surface area contributed by atoms with E-state index in [2.05, 4.69) is 19.2 Å². The van der Waals surface area contributed by atoms with Crippen molar-refractivity contribution in [3.8, 4) is 0 Å². The Bertz CT molecular complexity index is 969. The van der Waals surface area contributed by atoms with Gasteiger partial charge in [0.15, 0.2) is 0 Å². The number of anilines is 1. The molecule has 0 fully saturated rings. The molecule has 0 radical (unpaired) electrons. The van der Waals surface area contributed by atoms with Crippen LogP contribution >= 0.6 is 0 Å². The summed E-state index contributed by atoms with van der Waals surface area (Å²) in [4.78, 5) is 24.8. The third-order valence-corrected chi connectivity index (χ3v) is 4.23. The second-order valence-corrected chi connectivity index (χ2v) is 6.75. The number of benzene rings is 2. The third-order valence-electron chi connectivity index (χ3n) is 4.23. The molecular formula is C21H22N2O2. The Kier molecular flexibility index (Phi) is 4.70. The molecule has 0 saturated heterocycles. The lowest BCUT2D eigenvalue weighted by molar-refractivity contribution is 0.102. The minimum absolute atomic E-state index is 0.0772. The van der Waals surface area contributed by atoms with Crippen molar-refractivity contribution in [1.82, 2.24) is 4.57 Å². The number of rotatable bonds is 4. The fourth-order valence-corrected chi connectivity index (χ4v) is 2.94. The number of nitrogens with one attached hydrogen (secondary N) is 1. The summed E-state index contributed by atoms with van der Waals surface area (Å²) in [6.07, 6.45) is 2.70. The minimum atomic E-state index is -0.177. The Hall–Kier alpha value is -2.88. The number of amides is 1. The summed E-state index contributed by atoms with van der Waals surface area (Å²) in [5.74, 6) is 0.405. The van der Waals surface area contributed by atoms with Gasteiger partial charge in [0, 0.05) is 35.3 Å². The second-order valence-electron chi connectivity index (χ2n) is 6.75. The van der Waals surface area contributed by atoms with E-state index < -0.39 is 0 Å². The minimum Gasteiger partial charge on any atom is -0.321 e. The highest BCUT2D eigenvalue weighted by molar-refractivity contribution is 6.09. The zero-order valence-electron chi connectivity index (χ0n) is 14.7. The zero-order valence-corrected chi connectivity index (χ0v) is 14.7. The Morgan fingerprint density at radius 3 is 2.44 bits per heavy atom. The molecule has 128 valence electrons. The van der Waals surface area contributed by atoms with Gasteiger partial charge in [-0.1, -0.05) is 32.0 Å². The van der Waals surface area contributed by atoms with Gasteiger partial charge in [0.1, 0.15) is 0 Å². The van der Waals surface area contributed by atoms with Crippen molar-refractivity contribution in [3.63, 3.8) is 0 Å². The molecule has 3 rings (SSSR count). The van der Waals surface area contributed by atoms with Crippen molar-refractivity contribution < 1.29 is 4.79 Å². The molecule has 0 aliphatic carbocycles. The molecule has 4 nitrogen and oxygen atoms in total. The third kappa shape index (κ3) is 3.63. The van der Waals surface area contributed by atoms with E-state index in [1.807, 2.05) is 36.4 Å². The summed E-state index contributed by atoms with van der Waals surface area (Å²) < 4.78 is 1.53. The van der Waals surface area contributed by atoms with Gasteiger partial charge in [0.25, 0.3) is 11.5 Å². The summed E-state index contributed by atoms with van der Waals surface area (Å²) in [6.45, 7) is 4.34. The van der Waals surface area contributed by atoms with E-state index in [9.17, 15) is 9.59 Å². The van der Waals surface area contributed by atoms with E-state index in [-0.39, 0.29) is 11.5 Å². The first kappa shape index (κ1) is 17.0. The predicted molar refractivity (Wildman–Crippen MR) is 102 cm³/mol. The highest BCUT2D eigenvalue weighted by Gasteiger charge is 2.10. The van der Waals surface area contributed by atoms with E-state index in [1.165, 1.54) is 10.1 Å². The fraction of sp³-hybridized carbons (Fsp3) is 0.238. The summed E-state index contributed by atoms with van der Waals surface area (Å²) in [5, 5.41) is 4.26. The summed E-state index contributed by atoms with van der Waals surface area (Å²) in [7, 11) is 1.71. The van der Waals surface area contributed by atoms with Gasteiger partial charge >= 0.3 is 0 Å². The number of hydrogen-bond donors (Lipinski definition) is 1. The van der Waals surface area contributed by atoms with Crippen molar-refractivity contribution in [2.24, 2.45) is 13.0 Å². The van der Waals surface area contributed by atoms with Gasteiger partial charge in [0.05, 0.1) is 0 Å². The van der Waals surface area contributed by atoms with Gasteiger partial charge in [-0.25, -0.2) is 0 Å². The first-order valence-electron chi connectivity index (χ1n) is 8.44. The van der Waals surface area contributed by atoms with Crippen LogP contribution in [0.5, 0.6) is 0 Å². The van der Waals surface area contributed by atoms with Crippen LogP contribution in [0, 0.1) is 5.92 Å². The largest absolute Gasteiger partial charge is 0.321 e. The number of aromatic nitrogens is 1. The maximum Gasteiger partial charge on any atom is 0.258 e. The first-order valence-corrected chi connectivity index (χ1v) is 8.44. The molecule has 0 atom stereocenters. The monoisotopic (exact) mass is 334 g/mol. The van der Waals surface area contributed by atoms with Crippen LogP contribution in [0.2, 0.25) is 0 Å². The molecule has 1 heterocycles. The summed E-state index contributed by atoms with van der Waals surface area (Å²) in [6, 6.07) is 14.9. The van der Waals surface area contributed by atoms with Crippen LogP contribution in [-0.2, 0) is 13.5 Å². The highest BCUT2D eigenvalue weighted by atomic mass is 16.1. The average Bonchev–Trinajstić information content (AvgIpc) is 2.58. The standard InChI is InChI=1S/C21H22N2O2/c1-14(2)13-15-7-9-16(10-8-15)20(24)22-19-6-4-5-18-17(19)11-12-23(3)21(18)25/h4-12,14H,13H2,1-3H3,(H,22,24). The van der Waals surface area contributed by atoms with Crippen LogP contribution < -0.4 is 10.9 Å². The molecule has 0 saturated carbocycles. The van der Waals surface area contributed by atoms with Crippen molar-refractivity contribution in [1.29, 1.82) is 0 Å². The van der Waals surface area contributed by atoms with E-state index in [0.29, 0.717) is 22.6 Å². The normalized spacial score (nSPS) is 11.0. The molecule has 0 aliphatic rings. The Balaban J connectivity index is 1.87. The molecular weight excluding hydrogens is 312 g/mol. The number of carbonyl (C=O) groups excluding carboxylic acids is 1. The number of hydrogen-bond acceptors (Lipinski definition) is 2. The Labute approximate surface area is 147 Å². The lowest BCUT2D eigenvalue weighted by Gasteiger charge is -2.10. The van der Waals surface area contributed by atoms with Crippen molar-refractivity contribution in [2.75, 3.05) is 5.32 Å². The van der Waals surface area contributed by atoms with Crippen LogP contribution in [-0.4, -0.2) is 10.5 Å². The summed E-state index contributed by atoms with van der Waals surface area (Å²) in [5.41, 5.74) is 2.40. The molecule has 0 bridgehead atoms. The molecule has 25 heavy (non-hydrogen) atoms. The molecule has 1 aromatic heterocycles. The van der Waals surface area contributed by atoms with Crippen LogP contribution in [0.3, 0.4) is 0 Å². The molecule has 0 spiro atoms. The van der Waals surface area contributed by atoms with Gasteiger partial charge < -0.3 is 9.88 Å². The van der Waals surface area contributed by atoms with E-state index in [4.69, 9.17) is 0 Å². The van der Waals surface area contributed by atoms with E-state index in [1.54, 1.807) is 25.4 Å². The van der Waals surface area contributed by atoms with Gasteiger partial charge in [0.2, 0.25) is 0 Å². The Morgan fingerprint density at radius 1 is 1.04 bits per heavy atom.